The number of hydrogen-bond donors (Lipinski definition) is 1. The Morgan fingerprint density at radius 2 is 1.55 bits per heavy atom. The van der Waals surface area contributed by atoms with Crippen LogP contribution in [-0.2, 0) is 29.5 Å². The molecule has 168 valence electrons. The molecule has 29 heavy (non-hydrogen) atoms. The first-order chi connectivity index (χ1) is 13.4. The van der Waals surface area contributed by atoms with Gasteiger partial charge in [-0.15, -0.1) is 0 Å². The minimum atomic E-state index is -3.47. The van der Waals surface area contributed by atoms with Crippen molar-refractivity contribution in [3.63, 3.8) is 0 Å². The second kappa shape index (κ2) is 11.5. The molecule has 0 bridgehead atoms. The van der Waals surface area contributed by atoms with Crippen LogP contribution in [0.1, 0.15) is 60.1 Å². The maximum absolute atomic E-state index is 14.1. The van der Waals surface area contributed by atoms with Gasteiger partial charge in [-0.2, -0.15) is 0 Å². The molecule has 0 aliphatic carbocycles. The van der Waals surface area contributed by atoms with Crippen molar-refractivity contribution in [2.45, 2.75) is 64.8 Å². The molecule has 6 nitrogen and oxygen atoms in total. The van der Waals surface area contributed by atoms with Gasteiger partial charge in [0, 0.05) is 17.7 Å². The predicted octanol–water partition coefficient (Wildman–Crippen LogP) is 5.60. The van der Waals surface area contributed by atoms with Gasteiger partial charge >= 0.3 is 0 Å². The summed E-state index contributed by atoms with van der Waals surface area (Å²) in [6.45, 7) is 13.7. The molecule has 0 saturated carbocycles. The fourth-order valence-electron chi connectivity index (χ4n) is 2.77. The fourth-order valence-corrected chi connectivity index (χ4v) is 6.51. The van der Waals surface area contributed by atoms with Gasteiger partial charge < -0.3 is 14.0 Å². The van der Waals surface area contributed by atoms with E-state index in [2.05, 4.69) is 20.7 Å². The maximum atomic E-state index is 14.1. The van der Waals surface area contributed by atoms with Crippen molar-refractivity contribution in [3.05, 3.63) is 34.3 Å². The van der Waals surface area contributed by atoms with Crippen molar-refractivity contribution in [2.75, 3.05) is 26.0 Å². The van der Waals surface area contributed by atoms with Gasteiger partial charge in [-0.3, -0.25) is 4.57 Å². The van der Waals surface area contributed by atoms with E-state index >= 15 is 0 Å². The molecule has 0 saturated heterocycles. The molecule has 0 aliphatic rings. The van der Waals surface area contributed by atoms with E-state index in [0.29, 0.717) is 13.2 Å². The summed E-state index contributed by atoms with van der Waals surface area (Å²) < 4.78 is 47.9. The summed E-state index contributed by atoms with van der Waals surface area (Å²) in [5.74, 6) is 0. The third-order valence-electron chi connectivity index (χ3n) is 4.28. The third-order valence-corrected chi connectivity index (χ3v) is 9.44. The van der Waals surface area contributed by atoms with Crippen LogP contribution < -0.4 is 4.72 Å². The Morgan fingerprint density at radius 1 is 1.03 bits per heavy atom. The molecule has 0 heterocycles. The van der Waals surface area contributed by atoms with Crippen LogP contribution in [0.4, 0.5) is 0 Å². The Morgan fingerprint density at radius 3 is 1.97 bits per heavy atom. The topological polar surface area (TPSA) is 73.9 Å². The number of halogens is 1. The molecule has 0 fully saturated rings. The molecule has 1 N–H and O–H groups in total. The van der Waals surface area contributed by atoms with E-state index in [-0.39, 0.29) is 12.8 Å². The fraction of sp³-hybridized carbons (Fsp3) is 0.700. The summed E-state index contributed by atoms with van der Waals surface area (Å²) in [6, 6.07) is 7.16. The average Bonchev–Trinajstić information content (AvgIpc) is 2.61. The van der Waals surface area contributed by atoms with Crippen LogP contribution in [0.3, 0.4) is 0 Å². The van der Waals surface area contributed by atoms with Gasteiger partial charge in [0.2, 0.25) is 5.53 Å². The molecule has 3 atom stereocenters. The maximum Gasteiger partial charge on any atom is 0.262 e. The monoisotopic (exact) mass is 511 g/mol. The largest absolute Gasteiger partial charge is 0.342 e. The van der Waals surface area contributed by atoms with E-state index < -0.39 is 34.7 Å². The molecule has 0 spiro atoms. The second-order valence-corrected chi connectivity index (χ2v) is 13.3. The van der Waals surface area contributed by atoms with Crippen LogP contribution in [0.25, 0.3) is 0 Å². The van der Waals surface area contributed by atoms with Gasteiger partial charge in [0.15, 0.2) is 0 Å². The zero-order valence-corrected chi connectivity index (χ0v) is 21.8. The highest BCUT2D eigenvalue weighted by Crippen LogP contribution is 2.61. The molecule has 0 unspecified atom stereocenters. The van der Waals surface area contributed by atoms with E-state index in [4.69, 9.17) is 14.0 Å². The Kier molecular flexibility index (Phi) is 10.7. The lowest BCUT2D eigenvalue weighted by Gasteiger charge is -2.38. The molecule has 0 amide bonds. The van der Waals surface area contributed by atoms with Crippen LogP contribution in [0, 0.1) is 0 Å². The molecule has 1 rings (SSSR count). The summed E-state index contributed by atoms with van der Waals surface area (Å²) in [6.07, 6.45) is 0.0841. The van der Waals surface area contributed by atoms with E-state index in [1.807, 2.05) is 58.9 Å². The van der Waals surface area contributed by atoms with Crippen LogP contribution in [0.2, 0.25) is 0 Å². The standard InChI is InChI=1S/C20H35BrNO5PS/c1-8-25-20(7,26-9-2)28(23,27-10-3)15-18(22-29(24)19(4,5)6)16-11-13-17(21)14-12-16/h11-14,18,22H,8-10,15H2,1-7H3/t18-,28-,29-/m0/s1. The Labute approximate surface area is 186 Å². The summed E-state index contributed by atoms with van der Waals surface area (Å²) in [4.78, 5) is 0. The molecule has 9 heteroatoms. The molecular formula is C20H35BrNO5PS. The van der Waals surface area contributed by atoms with Gasteiger partial charge in [0.25, 0.3) is 7.37 Å². The summed E-state index contributed by atoms with van der Waals surface area (Å²) >= 11 is 3.44. The van der Waals surface area contributed by atoms with Crippen molar-refractivity contribution in [3.8, 4) is 0 Å². The summed E-state index contributed by atoms with van der Waals surface area (Å²) in [5, 5.41) is 0. The Balaban J connectivity index is 3.38. The first kappa shape index (κ1) is 27.0. The number of benzene rings is 1. The van der Waals surface area contributed by atoms with E-state index in [1.165, 1.54) is 0 Å². The lowest BCUT2D eigenvalue weighted by Crippen LogP contribution is -2.40. The van der Waals surface area contributed by atoms with Crippen LogP contribution in [0.5, 0.6) is 0 Å². The van der Waals surface area contributed by atoms with Gasteiger partial charge in [0.1, 0.15) is 0 Å². The Bertz CT molecular complexity index is 702. The normalized spacial score (nSPS) is 17.0. The Hall–Kier alpha value is -0.0800. The van der Waals surface area contributed by atoms with Crippen molar-refractivity contribution in [2.24, 2.45) is 0 Å². The quantitative estimate of drug-likeness (QED) is 0.292. The molecule has 1 aromatic rings. The van der Waals surface area contributed by atoms with Gasteiger partial charge in [-0.1, -0.05) is 28.1 Å². The first-order valence-corrected chi connectivity index (χ1v) is 13.6. The van der Waals surface area contributed by atoms with Gasteiger partial charge in [0.05, 0.1) is 34.5 Å². The molecular weight excluding hydrogens is 477 g/mol. The number of rotatable bonds is 12. The van der Waals surface area contributed by atoms with Gasteiger partial charge in [-0.05, 0) is 66.2 Å². The minimum Gasteiger partial charge on any atom is -0.342 e. The average molecular weight is 512 g/mol. The van der Waals surface area contributed by atoms with E-state index in [1.54, 1.807) is 13.8 Å². The lowest BCUT2D eigenvalue weighted by molar-refractivity contribution is -0.168. The van der Waals surface area contributed by atoms with Crippen LogP contribution in [0.15, 0.2) is 28.7 Å². The molecule has 0 radical (unpaired) electrons. The molecule has 0 aliphatic heterocycles. The van der Waals surface area contributed by atoms with Crippen molar-refractivity contribution in [1.82, 2.24) is 4.72 Å². The van der Waals surface area contributed by atoms with Crippen molar-refractivity contribution >= 4 is 34.3 Å². The summed E-state index contributed by atoms with van der Waals surface area (Å²) in [5.41, 5.74) is -0.522. The third kappa shape index (κ3) is 7.53. The highest BCUT2D eigenvalue weighted by molar-refractivity contribution is 9.10. The number of hydrogen-bond acceptors (Lipinski definition) is 5. The van der Waals surface area contributed by atoms with Crippen molar-refractivity contribution in [1.29, 1.82) is 0 Å². The lowest BCUT2D eigenvalue weighted by atomic mass is 10.1. The zero-order valence-electron chi connectivity index (χ0n) is 18.5. The van der Waals surface area contributed by atoms with Crippen molar-refractivity contribution < 1.29 is 22.8 Å². The predicted molar refractivity (Wildman–Crippen MR) is 124 cm³/mol. The highest BCUT2D eigenvalue weighted by Gasteiger charge is 2.49. The van der Waals surface area contributed by atoms with Crippen LogP contribution in [-0.4, -0.2) is 40.5 Å². The molecule has 1 aromatic carbocycles. The smallest absolute Gasteiger partial charge is 0.262 e. The minimum absolute atomic E-state index is 0.0841. The SMILES string of the molecule is CCOC(C)(OCC)[P@](=O)(C[C@H](N[S@@](=O)C(C)(C)C)c1ccc(Br)cc1)OCC. The first-order valence-electron chi connectivity index (χ1n) is 9.87. The van der Waals surface area contributed by atoms with Crippen LogP contribution >= 0.6 is 23.3 Å². The number of ether oxygens (including phenoxy) is 2. The van der Waals surface area contributed by atoms with E-state index in [9.17, 15) is 8.77 Å². The molecule has 0 aromatic heterocycles. The number of nitrogens with one attached hydrogen (secondary N) is 1. The van der Waals surface area contributed by atoms with Gasteiger partial charge in [-0.25, -0.2) is 8.93 Å². The van der Waals surface area contributed by atoms with E-state index in [0.717, 1.165) is 10.0 Å². The zero-order chi connectivity index (χ0) is 22.3. The second-order valence-electron chi connectivity index (χ2n) is 7.64. The highest BCUT2D eigenvalue weighted by atomic mass is 79.9. The summed E-state index contributed by atoms with van der Waals surface area (Å²) in [7, 11) is -4.84.